The van der Waals surface area contributed by atoms with E-state index in [9.17, 15) is 9.90 Å². The van der Waals surface area contributed by atoms with Gasteiger partial charge in [0.05, 0.1) is 15.8 Å². The molecular formula is C32H39BrN4O2. The first kappa shape index (κ1) is 27.9. The fourth-order valence-electron chi connectivity index (χ4n) is 6.18. The minimum absolute atomic E-state index is 0.293. The quantitative estimate of drug-likeness (QED) is 0.329. The Morgan fingerprint density at radius 1 is 1.10 bits per heavy atom. The van der Waals surface area contributed by atoms with Crippen molar-refractivity contribution in [2.75, 3.05) is 25.0 Å². The molecule has 6 nitrogen and oxygen atoms in total. The number of piperidine rings is 1. The van der Waals surface area contributed by atoms with Gasteiger partial charge in [0.2, 0.25) is 5.95 Å². The van der Waals surface area contributed by atoms with E-state index in [0.29, 0.717) is 24.1 Å². The van der Waals surface area contributed by atoms with Crippen LogP contribution in [-0.2, 0) is 29.5 Å². The summed E-state index contributed by atoms with van der Waals surface area (Å²) >= 11 is 3.63. The maximum absolute atomic E-state index is 12.6. The van der Waals surface area contributed by atoms with Crippen LogP contribution in [-0.4, -0.2) is 51.0 Å². The first-order valence-corrected chi connectivity index (χ1v) is 14.8. The summed E-state index contributed by atoms with van der Waals surface area (Å²) in [4.78, 5) is 24.2. The van der Waals surface area contributed by atoms with E-state index >= 15 is 0 Å². The van der Waals surface area contributed by atoms with Crippen molar-refractivity contribution >= 4 is 33.3 Å². The highest BCUT2D eigenvalue weighted by atomic mass is 79.9. The highest BCUT2D eigenvalue weighted by Crippen LogP contribution is 2.38. The Balaban J connectivity index is 1.21. The summed E-state index contributed by atoms with van der Waals surface area (Å²) in [7, 11) is 0. The van der Waals surface area contributed by atoms with Crippen molar-refractivity contribution in [3.8, 4) is 0 Å². The number of carbonyl (C=O) groups is 1. The highest BCUT2D eigenvalue weighted by molar-refractivity contribution is 9.10. The number of hydrogen-bond donors (Lipinski definition) is 2. The number of halogens is 1. The second-order valence-corrected chi connectivity index (χ2v) is 13.1. The average Bonchev–Trinajstić information content (AvgIpc) is 3.12. The van der Waals surface area contributed by atoms with Gasteiger partial charge in [-0.15, -0.1) is 0 Å². The molecule has 5 rings (SSSR count). The Hall–Kier alpha value is -2.61. The van der Waals surface area contributed by atoms with Crippen LogP contribution in [0.25, 0.3) is 0 Å². The van der Waals surface area contributed by atoms with Gasteiger partial charge in [0, 0.05) is 30.3 Å². The molecule has 206 valence electrons. The Kier molecular flexibility index (Phi) is 7.96. The number of aromatic nitrogens is 2. The van der Waals surface area contributed by atoms with Gasteiger partial charge in [0.15, 0.2) is 0 Å². The monoisotopic (exact) mass is 590 g/mol. The third-order valence-electron chi connectivity index (χ3n) is 8.19. The van der Waals surface area contributed by atoms with Crippen LogP contribution in [0.3, 0.4) is 0 Å². The largest absolute Gasteiger partial charge is 0.389 e. The lowest BCUT2D eigenvalue weighted by Crippen LogP contribution is -2.42. The second-order valence-electron chi connectivity index (χ2n) is 12.3. The van der Waals surface area contributed by atoms with E-state index in [0.717, 1.165) is 66.7 Å². The smallest absolute Gasteiger partial charge is 0.227 e. The summed E-state index contributed by atoms with van der Waals surface area (Å²) in [6.45, 7) is 10.6. The summed E-state index contributed by atoms with van der Waals surface area (Å²) in [6, 6.07) is 14.9. The van der Waals surface area contributed by atoms with E-state index in [4.69, 9.17) is 4.98 Å². The first-order valence-electron chi connectivity index (χ1n) is 14.0. The standard InChI is InChI=1S/C32H39BrN4O2/c1-31(2,39)20-37-16-14-22(15-17-37)21-8-11-25(12-9-21)35-30-34-19-26(33)27(36-30)13-10-23-6-5-7-24-18-28(38)32(3,4)29(23)24/h5-9,11-12,19,22,39H,10,13-18,20H2,1-4H3,(H,34,35,36). The van der Waals surface area contributed by atoms with E-state index in [-0.39, 0.29) is 0 Å². The van der Waals surface area contributed by atoms with Crippen molar-refractivity contribution in [1.29, 1.82) is 0 Å². The normalized spacial score (nSPS) is 17.8. The number of nitrogens with zero attached hydrogens (tertiary/aromatic N) is 3. The summed E-state index contributed by atoms with van der Waals surface area (Å²) < 4.78 is 0.891. The van der Waals surface area contributed by atoms with Gasteiger partial charge in [-0.3, -0.25) is 4.79 Å². The SMILES string of the molecule is CC(C)(O)CN1CCC(c2ccc(Nc3ncc(Br)c(CCc4cccc5c4C(C)(C)C(=O)C5)n3)cc2)CC1. The molecule has 1 aliphatic heterocycles. The number of rotatable bonds is 8. The molecule has 2 heterocycles. The molecule has 0 spiro atoms. The Labute approximate surface area is 240 Å². The van der Waals surface area contributed by atoms with Gasteiger partial charge >= 0.3 is 0 Å². The number of β-amino-alcohol motifs (C(OH)–C–C–N with tert-alkyl or cyclic N) is 1. The molecule has 1 fully saturated rings. The van der Waals surface area contributed by atoms with Crippen LogP contribution >= 0.6 is 15.9 Å². The van der Waals surface area contributed by atoms with Crippen LogP contribution in [0.15, 0.2) is 53.1 Å². The number of likely N-dealkylation sites (tertiary alicyclic amines) is 1. The molecule has 2 N–H and O–H groups in total. The molecule has 7 heteroatoms. The molecule has 1 aliphatic carbocycles. The van der Waals surface area contributed by atoms with Gasteiger partial charge in [-0.05, 0) is 123 Å². The van der Waals surface area contributed by atoms with Crippen molar-refractivity contribution < 1.29 is 9.90 Å². The minimum Gasteiger partial charge on any atom is -0.389 e. The molecule has 2 aliphatic rings. The zero-order valence-corrected chi connectivity index (χ0v) is 25.0. The van der Waals surface area contributed by atoms with Crippen molar-refractivity contribution in [3.05, 3.63) is 81.1 Å². The number of anilines is 2. The van der Waals surface area contributed by atoms with Gasteiger partial charge < -0.3 is 15.3 Å². The predicted octanol–water partition coefficient (Wildman–Crippen LogP) is 6.12. The lowest BCUT2D eigenvalue weighted by Gasteiger charge is -2.35. The van der Waals surface area contributed by atoms with Gasteiger partial charge in [-0.25, -0.2) is 9.97 Å². The number of fused-ring (bicyclic) bond motifs is 1. The Bertz CT molecular complexity index is 1340. The van der Waals surface area contributed by atoms with E-state index < -0.39 is 11.0 Å². The fourth-order valence-corrected chi connectivity index (χ4v) is 6.56. The zero-order valence-electron chi connectivity index (χ0n) is 23.4. The first-order chi connectivity index (χ1) is 18.5. The zero-order chi connectivity index (χ0) is 27.8. The van der Waals surface area contributed by atoms with Crippen LogP contribution in [0.1, 0.15) is 74.4 Å². The number of aryl methyl sites for hydroxylation is 2. The van der Waals surface area contributed by atoms with Crippen molar-refractivity contribution in [2.45, 2.75) is 76.7 Å². The molecule has 3 aromatic rings. The molecule has 39 heavy (non-hydrogen) atoms. The number of aliphatic hydroxyl groups is 1. The highest BCUT2D eigenvalue weighted by Gasteiger charge is 2.39. The van der Waals surface area contributed by atoms with Crippen molar-refractivity contribution in [3.63, 3.8) is 0 Å². The van der Waals surface area contributed by atoms with E-state index in [2.05, 4.69) is 73.6 Å². The van der Waals surface area contributed by atoms with E-state index in [1.807, 2.05) is 33.9 Å². The van der Waals surface area contributed by atoms with E-state index in [1.165, 1.54) is 16.7 Å². The summed E-state index contributed by atoms with van der Waals surface area (Å²) in [6.07, 6.45) is 6.13. The number of Topliss-reactive ketones (excluding diaryl/α,β-unsaturated/α-hetero) is 1. The summed E-state index contributed by atoms with van der Waals surface area (Å²) in [5, 5.41) is 13.5. The van der Waals surface area contributed by atoms with Gasteiger partial charge in [0.1, 0.15) is 5.78 Å². The minimum atomic E-state index is -0.645. The Morgan fingerprint density at radius 2 is 1.82 bits per heavy atom. The summed E-state index contributed by atoms with van der Waals surface area (Å²) in [5.74, 6) is 1.42. The molecule has 0 saturated carbocycles. The summed E-state index contributed by atoms with van der Waals surface area (Å²) in [5.41, 5.74) is 5.78. The number of ketones is 1. The molecule has 0 amide bonds. The van der Waals surface area contributed by atoms with Crippen LogP contribution in [0.2, 0.25) is 0 Å². The number of nitrogens with one attached hydrogen (secondary N) is 1. The third-order valence-corrected chi connectivity index (χ3v) is 8.86. The van der Waals surface area contributed by atoms with Gasteiger partial charge in [-0.1, -0.05) is 30.3 Å². The number of carbonyl (C=O) groups excluding carboxylic acids is 1. The maximum Gasteiger partial charge on any atom is 0.227 e. The van der Waals surface area contributed by atoms with Gasteiger partial charge in [0.25, 0.3) is 0 Å². The van der Waals surface area contributed by atoms with Crippen molar-refractivity contribution in [2.24, 2.45) is 0 Å². The lowest BCUT2D eigenvalue weighted by atomic mass is 9.82. The predicted molar refractivity (Wildman–Crippen MR) is 160 cm³/mol. The lowest BCUT2D eigenvalue weighted by molar-refractivity contribution is -0.121. The molecule has 1 saturated heterocycles. The van der Waals surface area contributed by atoms with E-state index in [1.54, 1.807) is 0 Å². The average molecular weight is 592 g/mol. The van der Waals surface area contributed by atoms with Crippen LogP contribution in [0.4, 0.5) is 11.6 Å². The number of benzene rings is 2. The fraction of sp³-hybridized carbons (Fsp3) is 0.469. The van der Waals surface area contributed by atoms with Crippen LogP contribution in [0, 0.1) is 0 Å². The molecular weight excluding hydrogens is 552 g/mol. The molecule has 1 aromatic heterocycles. The number of hydrogen-bond acceptors (Lipinski definition) is 6. The second kappa shape index (κ2) is 11.1. The third kappa shape index (κ3) is 6.42. The van der Waals surface area contributed by atoms with Gasteiger partial charge in [-0.2, -0.15) is 0 Å². The van der Waals surface area contributed by atoms with Crippen LogP contribution < -0.4 is 5.32 Å². The van der Waals surface area contributed by atoms with Crippen LogP contribution in [0.5, 0.6) is 0 Å². The molecule has 0 radical (unpaired) electrons. The molecule has 2 aromatic carbocycles. The molecule has 0 bridgehead atoms. The molecule has 0 atom stereocenters. The Morgan fingerprint density at radius 3 is 2.51 bits per heavy atom. The molecule has 0 unspecified atom stereocenters. The topological polar surface area (TPSA) is 78.4 Å². The maximum atomic E-state index is 12.6. The van der Waals surface area contributed by atoms with Crippen molar-refractivity contribution in [1.82, 2.24) is 14.9 Å².